The first-order valence-corrected chi connectivity index (χ1v) is 22.9. The number of rotatable bonds is 19. The molecule has 14 nitrogen and oxygen atoms in total. The van der Waals surface area contributed by atoms with Crippen molar-refractivity contribution >= 4 is 52.9 Å². The Hall–Kier alpha value is -4.07. The highest BCUT2D eigenvalue weighted by Gasteiger charge is 2.62. The normalized spacial score (nSPS) is 20.9. The van der Waals surface area contributed by atoms with Gasteiger partial charge in [0.1, 0.15) is 6.61 Å². The van der Waals surface area contributed by atoms with Crippen molar-refractivity contribution in [2.75, 3.05) is 52.7 Å². The summed E-state index contributed by atoms with van der Waals surface area (Å²) in [6, 6.07) is 15.5. The summed E-state index contributed by atoms with van der Waals surface area (Å²) in [6.45, 7) is 6.66. The minimum absolute atomic E-state index is 0.0150. The first kappa shape index (κ1) is 51.3. The zero-order valence-electron chi connectivity index (χ0n) is 37.2. The van der Waals surface area contributed by atoms with Gasteiger partial charge in [0.15, 0.2) is 23.0 Å². The van der Waals surface area contributed by atoms with Crippen molar-refractivity contribution in [1.82, 2.24) is 20.1 Å². The highest BCUT2D eigenvalue weighted by Crippen LogP contribution is 2.53. The lowest BCUT2D eigenvalue weighted by molar-refractivity contribution is -0.493. The van der Waals surface area contributed by atoms with Crippen molar-refractivity contribution in [3.8, 4) is 5.75 Å². The third-order valence-corrected chi connectivity index (χ3v) is 14.1. The Morgan fingerprint density at radius 2 is 1.55 bits per heavy atom. The first-order chi connectivity index (χ1) is 31.2. The summed E-state index contributed by atoms with van der Waals surface area (Å²) < 4.78 is 62.2. The molecular weight excluding hydrogens is 932 g/mol. The summed E-state index contributed by atoms with van der Waals surface area (Å²) in [5.41, 5.74) is 0.898. The van der Waals surface area contributed by atoms with E-state index in [-0.39, 0.29) is 64.5 Å². The summed E-state index contributed by atoms with van der Waals surface area (Å²) in [4.78, 5) is 53.5. The molecule has 362 valence electrons. The van der Waals surface area contributed by atoms with Gasteiger partial charge < -0.3 is 28.7 Å². The molecule has 2 aliphatic heterocycles. The number of halogens is 6. The number of carbonyl (C=O) groups is 3. The number of carbonyl (C=O) groups excluding carboxylic acids is 3. The highest BCUT2D eigenvalue weighted by atomic mass is 35.6. The van der Waals surface area contributed by atoms with E-state index < -0.39 is 73.6 Å². The zero-order chi connectivity index (χ0) is 48.0. The smallest absolute Gasteiger partial charge is 0.411 e. The van der Waals surface area contributed by atoms with Crippen molar-refractivity contribution in [1.29, 1.82) is 0 Å². The molecule has 0 radical (unpaired) electrons. The molecular formula is C46H56Cl3F3N4O10. The second kappa shape index (κ2) is 21.9. The Labute approximate surface area is 397 Å². The van der Waals surface area contributed by atoms with Gasteiger partial charge in [0.25, 0.3) is 0 Å². The molecule has 6 rings (SSSR count). The number of ether oxygens (including phenoxy) is 4. The van der Waals surface area contributed by atoms with Gasteiger partial charge in [-0.3, -0.25) is 20.1 Å². The molecule has 0 spiro atoms. The van der Waals surface area contributed by atoms with Gasteiger partial charge in [-0.2, -0.15) is 4.39 Å². The lowest BCUT2D eigenvalue weighted by Gasteiger charge is -2.59. The molecule has 1 saturated carbocycles. The number of hydrogen-bond acceptors (Lipinski definition) is 11. The van der Waals surface area contributed by atoms with Crippen LogP contribution in [0.5, 0.6) is 5.75 Å². The van der Waals surface area contributed by atoms with E-state index in [1.807, 2.05) is 67.3 Å². The molecule has 20 heteroatoms. The van der Waals surface area contributed by atoms with Crippen molar-refractivity contribution in [2.24, 2.45) is 5.41 Å². The Balaban J connectivity index is 1.30. The Bertz CT molecular complexity index is 2170. The number of likely N-dealkylation sites (tertiary alicyclic amines) is 1. The van der Waals surface area contributed by atoms with Gasteiger partial charge in [-0.15, -0.1) is 0 Å². The molecule has 2 bridgehead atoms. The molecule has 0 aromatic heterocycles. The number of piperidine rings is 1. The summed E-state index contributed by atoms with van der Waals surface area (Å²) in [5.74, 6) is -5.05. The molecule has 3 aromatic rings. The van der Waals surface area contributed by atoms with Crippen LogP contribution in [-0.4, -0.2) is 129 Å². The van der Waals surface area contributed by atoms with E-state index in [2.05, 4.69) is 4.84 Å². The average molecular weight is 988 g/mol. The average Bonchev–Trinajstić information content (AvgIpc) is 4.11. The molecule has 2 saturated heterocycles. The van der Waals surface area contributed by atoms with Crippen LogP contribution in [0.4, 0.5) is 22.8 Å². The monoisotopic (exact) mass is 986 g/mol. The van der Waals surface area contributed by atoms with Crippen molar-refractivity contribution in [3.63, 3.8) is 0 Å². The van der Waals surface area contributed by atoms with E-state index in [0.717, 1.165) is 41.2 Å². The van der Waals surface area contributed by atoms with Gasteiger partial charge in [0, 0.05) is 31.6 Å². The standard InChI is InChI=1S/C46H56Cl3F3N4O10/c1-29-8-5-6-10-31(29)19-20-54(33-15-16-33)41(57)45(4)35(32-13-11-30(12-14-32)9-7-21-63-40-37(51)18-17-36(50)39(40)52)26-34-27-53(42(58)64-24-22-62-23-25-65-56(60)61)28-38(45)55(34)43(59)66-44(2,3)46(47,48)49/h5-6,8,10-14,17-18,33-35,38,60-61H,7,9,15-16,19-28H2,1-4H3. The van der Waals surface area contributed by atoms with E-state index in [9.17, 15) is 22.8 Å². The Morgan fingerprint density at radius 1 is 0.864 bits per heavy atom. The van der Waals surface area contributed by atoms with Gasteiger partial charge in [-0.1, -0.05) is 83.3 Å². The minimum atomic E-state index is -2.02. The highest BCUT2D eigenvalue weighted by molar-refractivity contribution is 6.68. The molecule has 3 aromatic carbocycles. The van der Waals surface area contributed by atoms with Crippen LogP contribution in [0.1, 0.15) is 74.6 Å². The summed E-state index contributed by atoms with van der Waals surface area (Å²) in [6.07, 6.45) is 1.72. The van der Waals surface area contributed by atoms with Crippen LogP contribution in [0.2, 0.25) is 0 Å². The van der Waals surface area contributed by atoms with Crippen LogP contribution in [0.25, 0.3) is 0 Å². The largest absolute Gasteiger partial charge is 0.488 e. The lowest BCUT2D eigenvalue weighted by atomic mass is 9.60. The van der Waals surface area contributed by atoms with Crippen LogP contribution in [0.15, 0.2) is 60.7 Å². The molecule has 1 aliphatic carbocycles. The maximum Gasteiger partial charge on any atom is 0.411 e. The topological polar surface area (TPSA) is 151 Å². The predicted molar refractivity (Wildman–Crippen MR) is 237 cm³/mol. The number of amides is 3. The van der Waals surface area contributed by atoms with Crippen molar-refractivity contribution < 1.29 is 61.8 Å². The maximum absolute atomic E-state index is 15.7. The fraction of sp³-hybridized carbons (Fsp3) is 0.543. The Morgan fingerprint density at radius 3 is 2.21 bits per heavy atom. The van der Waals surface area contributed by atoms with Crippen LogP contribution in [-0.2, 0) is 36.7 Å². The van der Waals surface area contributed by atoms with Gasteiger partial charge in [0.2, 0.25) is 15.5 Å². The van der Waals surface area contributed by atoms with Crippen molar-refractivity contribution in [2.45, 2.75) is 99.7 Å². The Kier molecular flexibility index (Phi) is 17.0. The van der Waals surface area contributed by atoms with E-state index >= 15 is 4.79 Å². The molecule has 2 heterocycles. The van der Waals surface area contributed by atoms with Gasteiger partial charge >= 0.3 is 12.2 Å². The van der Waals surface area contributed by atoms with Crippen molar-refractivity contribution in [3.05, 3.63) is 100 Å². The van der Waals surface area contributed by atoms with E-state index in [0.29, 0.717) is 31.9 Å². The summed E-state index contributed by atoms with van der Waals surface area (Å²) in [7, 11) is 0. The number of piperazine rings is 1. The molecule has 3 fully saturated rings. The molecule has 4 atom stereocenters. The van der Waals surface area contributed by atoms with E-state index in [1.54, 1.807) is 0 Å². The molecule has 3 aliphatic rings. The molecule has 3 amide bonds. The van der Waals surface area contributed by atoms with E-state index in [1.165, 1.54) is 23.6 Å². The van der Waals surface area contributed by atoms with Crippen LogP contribution >= 0.6 is 34.8 Å². The fourth-order valence-corrected chi connectivity index (χ4v) is 8.87. The molecule has 66 heavy (non-hydrogen) atoms. The SMILES string of the molecule is Cc1ccccc1CCN(C(=O)C1(C)C(c2ccc(CCCOc3c(F)ccc(F)c3F)cc2)CC2CN(C(=O)OCCOCCON(O)O)CC1N2C(=O)OC(C)(C)C(Cl)(Cl)Cl)C1CC1. The maximum atomic E-state index is 15.7. The first-order valence-electron chi connectivity index (χ1n) is 21.8. The van der Waals surface area contributed by atoms with Crippen LogP contribution in [0.3, 0.4) is 0 Å². The van der Waals surface area contributed by atoms with Crippen LogP contribution in [0, 0.1) is 29.8 Å². The molecule has 4 unspecified atom stereocenters. The third kappa shape index (κ3) is 12.1. The number of hydrogen-bond donors (Lipinski definition) is 2. The number of aryl methyl sites for hydroxylation is 2. The summed E-state index contributed by atoms with van der Waals surface area (Å²) in [5, 5.41) is 17.0. The lowest BCUT2D eigenvalue weighted by Crippen LogP contribution is -2.73. The third-order valence-electron chi connectivity index (χ3n) is 12.7. The second-order valence-electron chi connectivity index (χ2n) is 17.5. The quantitative estimate of drug-likeness (QED) is 0.0513. The number of alkyl halides is 3. The number of fused-ring (bicyclic) bond motifs is 2. The van der Waals surface area contributed by atoms with Crippen LogP contribution < -0.4 is 4.74 Å². The number of benzene rings is 3. The van der Waals surface area contributed by atoms with Gasteiger partial charge in [-0.25, -0.2) is 23.2 Å². The number of nitrogens with zero attached hydrogens (tertiary/aromatic N) is 4. The van der Waals surface area contributed by atoms with Gasteiger partial charge in [0.05, 0.1) is 49.3 Å². The van der Waals surface area contributed by atoms with E-state index in [4.69, 9.17) is 64.2 Å². The van der Waals surface area contributed by atoms with Gasteiger partial charge in [-0.05, 0) is 101 Å². The predicted octanol–water partition coefficient (Wildman–Crippen LogP) is 8.96. The second-order valence-corrected chi connectivity index (χ2v) is 19.8. The summed E-state index contributed by atoms with van der Waals surface area (Å²) >= 11 is 18.9. The zero-order valence-corrected chi connectivity index (χ0v) is 39.5. The fourth-order valence-electron chi connectivity index (χ4n) is 8.76. The molecule has 2 N–H and O–H groups in total. The minimum Gasteiger partial charge on any atom is -0.488 e.